The average Bonchev–Trinajstić information content (AvgIpc) is 3.09. The Bertz CT molecular complexity index is 1000. The van der Waals surface area contributed by atoms with Gasteiger partial charge in [-0.05, 0) is 41.5 Å². The van der Waals surface area contributed by atoms with Gasteiger partial charge < -0.3 is 20.1 Å². The highest BCUT2D eigenvalue weighted by atomic mass is 16.5. The second-order valence-electron chi connectivity index (χ2n) is 9.05. The molecule has 0 radical (unpaired) electrons. The Morgan fingerprint density at radius 3 is 2.21 bits per heavy atom. The van der Waals surface area contributed by atoms with Crippen LogP contribution in [0.25, 0.3) is 11.1 Å². The van der Waals surface area contributed by atoms with E-state index < -0.39 is 12.1 Å². The molecule has 0 spiro atoms. The molecule has 174 valence electrons. The minimum Gasteiger partial charge on any atom is -0.481 e. The molecular formula is C26H30N2O5. The minimum atomic E-state index is -0.799. The molecule has 33 heavy (non-hydrogen) atoms. The molecule has 2 aliphatic carbocycles. The van der Waals surface area contributed by atoms with Crippen LogP contribution in [0.4, 0.5) is 4.79 Å². The van der Waals surface area contributed by atoms with E-state index in [-0.39, 0.29) is 36.3 Å². The fraction of sp³-hybridized carbons (Fsp3) is 0.423. The summed E-state index contributed by atoms with van der Waals surface area (Å²) in [6, 6.07) is 16.3. The number of alkyl carbamates (subject to hydrolysis) is 1. The quantitative estimate of drug-likeness (QED) is 0.637. The summed E-state index contributed by atoms with van der Waals surface area (Å²) in [5.74, 6) is -1.44. The van der Waals surface area contributed by atoms with Gasteiger partial charge in [-0.25, -0.2) is 4.79 Å². The molecule has 0 aliphatic heterocycles. The lowest BCUT2D eigenvalue weighted by molar-refractivity contribution is -0.151. The molecule has 4 rings (SSSR count). The van der Waals surface area contributed by atoms with Crippen molar-refractivity contribution in [2.45, 2.75) is 38.1 Å². The molecule has 0 heterocycles. The van der Waals surface area contributed by atoms with E-state index in [1.165, 1.54) is 11.1 Å². The topological polar surface area (TPSA) is 95.9 Å². The zero-order valence-corrected chi connectivity index (χ0v) is 19.0. The van der Waals surface area contributed by atoms with E-state index in [1.807, 2.05) is 31.2 Å². The van der Waals surface area contributed by atoms with Gasteiger partial charge in [0.1, 0.15) is 6.61 Å². The summed E-state index contributed by atoms with van der Waals surface area (Å²) in [7, 11) is 1.72. The van der Waals surface area contributed by atoms with Gasteiger partial charge in [0, 0.05) is 31.5 Å². The normalized spacial score (nSPS) is 19.6. The van der Waals surface area contributed by atoms with Crippen LogP contribution in [-0.4, -0.2) is 54.2 Å². The van der Waals surface area contributed by atoms with Crippen molar-refractivity contribution in [1.82, 2.24) is 10.2 Å². The van der Waals surface area contributed by atoms with Crippen LogP contribution >= 0.6 is 0 Å². The first-order valence-electron chi connectivity index (χ1n) is 11.4. The van der Waals surface area contributed by atoms with E-state index in [1.54, 1.807) is 11.9 Å². The molecule has 0 bridgehead atoms. The Labute approximate surface area is 193 Å². The van der Waals surface area contributed by atoms with Gasteiger partial charge >= 0.3 is 12.1 Å². The summed E-state index contributed by atoms with van der Waals surface area (Å²) in [5, 5.41) is 11.8. The lowest BCUT2D eigenvalue weighted by atomic mass is 9.79. The van der Waals surface area contributed by atoms with Crippen molar-refractivity contribution < 1.29 is 24.2 Å². The maximum atomic E-state index is 12.6. The fourth-order valence-corrected chi connectivity index (χ4v) is 4.80. The van der Waals surface area contributed by atoms with Crippen LogP contribution < -0.4 is 5.32 Å². The summed E-state index contributed by atoms with van der Waals surface area (Å²) in [4.78, 5) is 37.5. The number of carboxylic acids is 1. The molecule has 2 aliphatic rings. The van der Waals surface area contributed by atoms with Gasteiger partial charge in [-0.15, -0.1) is 0 Å². The number of carboxylic acid groups (broad SMARTS) is 1. The van der Waals surface area contributed by atoms with Gasteiger partial charge in [0.05, 0.1) is 5.92 Å². The molecule has 0 aromatic heterocycles. The maximum absolute atomic E-state index is 12.6. The number of rotatable bonds is 8. The zero-order chi connectivity index (χ0) is 23.5. The number of ether oxygens (including phenoxy) is 1. The van der Waals surface area contributed by atoms with Crippen LogP contribution in [0.1, 0.15) is 43.2 Å². The van der Waals surface area contributed by atoms with Crippen molar-refractivity contribution in [3.8, 4) is 11.1 Å². The highest BCUT2D eigenvalue weighted by molar-refractivity contribution is 5.80. The molecule has 0 saturated heterocycles. The number of hydrogen-bond donors (Lipinski definition) is 2. The molecule has 2 amide bonds. The second-order valence-corrected chi connectivity index (χ2v) is 9.05. The summed E-state index contributed by atoms with van der Waals surface area (Å²) in [6.07, 6.45) is 1.00. The number of benzene rings is 2. The molecule has 2 aromatic rings. The number of fused-ring (bicyclic) bond motifs is 3. The molecule has 2 N–H and O–H groups in total. The van der Waals surface area contributed by atoms with Gasteiger partial charge in [-0.2, -0.15) is 0 Å². The third-order valence-corrected chi connectivity index (χ3v) is 6.97. The summed E-state index contributed by atoms with van der Waals surface area (Å²) in [5.41, 5.74) is 4.68. The van der Waals surface area contributed by atoms with Gasteiger partial charge in [-0.1, -0.05) is 55.5 Å². The van der Waals surface area contributed by atoms with Crippen molar-refractivity contribution >= 4 is 18.0 Å². The molecule has 1 unspecified atom stereocenters. The number of nitrogens with zero attached hydrogens (tertiary/aromatic N) is 1. The van der Waals surface area contributed by atoms with Crippen LogP contribution in [0, 0.1) is 11.8 Å². The smallest absolute Gasteiger partial charge is 0.407 e. The van der Waals surface area contributed by atoms with Crippen LogP contribution in [0.5, 0.6) is 0 Å². The first-order valence-corrected chi connectivity index (χ1v) is 11.4. The Morgan fingerprint density at radius 1 is 1.06 bits per heavy atom. The zero-order valence-electron chi connectivity index (χ0n) is 19.0. The fourth-order valence-electron chi connectivity index (χ4n) is 4.80. The molecule has 2 aromatic carbocycles. The lowest BCUT2D eigenvalue weighted by Gasteiger charge is -2.40. The Balaban J connectivity index is 1.22. The Hall–Kier alpha value is -3.35. The number of nitrogens with one attached hydrogen (secondary N) is 1. The number of hydrogen-bond acceptors (Lipinski definition) is 4. The van der Waals surface area contributed by atoms with E-state index in [4.69, 9.17) is 9.84 Å². The predicted octanol–water partition coefficient (Wildman–Crippen LogP) is 3.87. The Morgan fingerprint density at radius 2 is 1.64 bits per heavy atom. The standard InChI is InChI=1S/C26H30N2O5/c1-16(24(29)28(2)18-13-17(14-18)25(30)31)11-12-27-26(32)33-15-23-21-9-5-3-7-19(21)20-8-4-6-10-22(20)23/h3-10,16-18,23H,11-15H2,1-2H3,(H,27,32)(H,30,31). The SMILES string of the molecule is CC(CCNC(=O)OCC1c2ccccc2-c2ccccc21)C(=O)N(C)C1CC(C(=O)O)C1. The van der Waals surface area contributed by atoms with Gasteiger partial charge in [0.15, 0.2) is 0 Å². The lowest BCUT2D eigenvalue weighted by Crippen LogP contribution is -2.49. The maximum Gasteiger partial charge on any atom is 0.407 e. The number of aliphatic carboxylic acids is 1. The predicted molar refractivity (Wildman–Crippen MR) is 124 cm³/mol. The van der Waals surface area contributed by atoms with Crippen molar-refractivity contribution in [1.29, 1.82) is 0 Å². The summed E-state index contributed by atoms with van der Waals surface area (Å²) < 4.78 is 5.53. The van der Waals surface area contributed by atoms with Crippen molar-refractivity contribution in [3.05, 3.63) is 59.7 Å². The molecular weight excluding hydrogens is 420 g/mol. The van der Waals surface area contributed by atoms with Crippen molar-refractivity contribution in [3.63, 3.8) is 0 Å². The first kappa shape index (κ1) is 22.8. The van der Waals surface area contributed by atoms with Crippen molar-refractivity contribution in [2.24, 2.45) is 11.8 Å². The summed E-state index contributed by atoms with van der Waals surface area (Å²) in [6.45, 7) is 2.41. The summed E-state index contributed by atoms with van der Waals surface area (Å²) >= 11 is 0. The van der Waals surface area contributed by atoms with E-state index in [9.17, 15) is 14.4 Å². The van der Waals surface area contributed by atoms with Crippen molar-refractivity contribution in [2.75, 3.05) is 20.2 Å². The minimum absolute atomic E-state index is 0.00871. The Kier molecular flexibility index (Phi) is 6.67. The van der Waals surface area contributed by atoms with E-state index in [2.05, 4.69) is 29.6 Å². The van der Waals surface area contributed by atoms with Gasteiger partial charge in [-0.3, -0.25) is 9.59 Å². The first-order chi connectivity index (χ1) is 15.9. The number of carbonyl (C=O) groups excluding carboxylic acids is 2. The third kappa shape index (κ3) is 4.72. The van der Waals surface area contributed by atoms with Crippen LogP contribution in [0.15, 0.2) is 48.5 Å². The molecule has 7 heteroatoms. The van der Waals surface area contributed by atoms with Gasteiger partial charge in [0.25, 0.3) is 0 Å². The average molecular weight is 451 g/mol. The number of carbonyl (C=O) groups is 3. The van der Waals surface area contributed by atoms with E-state index >= 15 is 0 Å². The second kappa shape index (κ2) is 9.65. The highest BCUT2D eigenvalue weighted by Gasteiger charge is 2.39. The van der Waals surface area contributed by atoms with E-state index in [0.29, 0.717) is 25.8 Å². The molecule has 1 atom stereocenters. The van der Waals surface area contributed by atoms with E-state index in [0.717, 1.165) is 11.1 Å². The molecule has 7 nitrogen and oxygen atoms in total. The van der Waals surface area contributed by atoms with Crippen LogP contribution in [0.2, 0.25) is 0 Å². The number of amides is 2. The van der Waals surface area contributed by atoms with Crippen LogP contribution in [0.3, 0.4) is 0 Å². The molecule has 1 saturated carbocycles. The van der Waals surface area contributed by atoms with Gasteiger partial charge in [0.2, 0.25) is 5.91 Å². The largest absolute Gasteiger partial charge is 0.481 e. The highest BCUT2D eigenvalue weighted by Crippen LogP contribution is 2.44. The third-order valence-electron chi connectivity index (χ3n) is 6.97. The monoisotopic (exact) mass is 450 g/mol. The van der Waals surface area contributed by atoms with Crippen LogP contribution in [-0.2, 0) is 14.3 Å². The molecule has 1 fully saturated rings.